The van der Waals surface area contributed by atoms with Gasteiger partial charge in [-0.05, 0) is 74.6 Å². The lowest BCUT2D eigenvalue weighted by Gasteiger charge is -2.35. The smallest absolute Gasteiger partial charge is 0.355 e. The molecule has 0 saturated heterocycles. The van der Waals surface area contributed by atoms with Gasteiger partial charge in [0.15, 0.2) is 0 Å². The number of aromatic amines is 1. The van der Waals surface area contributed by atoms with Gasteiger partial charge in [-0.25, -0.2) is 4.79 Å². The molecule has 0 fully saturated rings. The first-order valence-corrected chi connectivity index (χ1v) is 12.0. The van der Waals surface area contributed by atoms with Crippen molar-refractivity contribution in [3.05, 3.63) is 52.2 Å². The first-order chi connectivity index (χ1) is 17.1. The Kier molecular flexibility index (Phi) is 7.92. The molecule has 0 saturated carbocycles. The Hall–Kier alpha value is -4.01. The molecule has 1 unspecified atom stereocenters. The Morgan fingerprint density at radius 3 is 2.64 bits per heavy atom. The number of carbonyl (C=O) groups excluding carboxylic acids is 1. The number of nitrogens with zero attached hydrogens (tertiary/aromatic N) is 2. The molecular formula is C27H35N5O4. The SMILES string of the molecule is CC.Cc1c(C)c2c(c(C)c1O)CCC(C)(C(=O)Oc1ccc3[nH]cc(CC=NN=C(N)N)c3c1)O2. The van der Waals surface area contributed by atoms with Gasteiger partial charge in [-0.1, -0.05) is 13.8 Å². The van der Waals surface area contributed by atoms with Crippen LogP contribution in [-0.2, 0) is 17.6 Å². The molecule has 1 atom stereocenters. The summed E-state index contributed by atoms with van der Waals surface area (Å²) >= 11 is 0. The van der Waals surface area contributed by atoms with Crippen molar-refractivity contribution in [2.45, 2.75) is 66.4 Å². The van der Waals surface area contributed by atoms with Gasteiger partial charge in [0.25, 0.3) is 0 Å². The largest absolute Gasteiger partial charge is 0.507 e. The highest BCUT2D eigenvalue weighted by molar-refractivity contribution is 5.89. The second kappa shape index (κ2) is 10.7. The number of aromatic nitrogens is 1. The molecule has 0 amide bonds. The van der Waals surface area contributed by atoms with E-state index in [4.69, 9.17) is 20.9 Å². The number of ether oxygens (including phenoxy) is 2. The molecule has 1 aliphatic rings. The van der Waals surface area contributed by atoms with Crippen molar-refractivity contribution >= 4 is 29.0 Å². The number of carbonyl (C=O) groups is 1. The molecule has 0 radical (unpaired) electrons. The van der Waals surface area contributed by atoms with E-state index in [1.807, 2.05) is 52.9 Å². The highest BCUT2D eigenvalue weighted by Crippen LogP contribution is 2.43. The lowest BCUT2D eigenvalue weighted by atomic mass is 9.87. The average molecular weight is 494 g/mol. The van der Waals surface area contributed by atoms with E-state index in [1.54, 1.807) is 19.2 Å². The number of phenols is 1. The van der Waals surface area contributed by atoms with Crippen LogP contribution in [0.2, 0.25) is 0 Å². The number of hydrogen-bond donors (Lipinski definition) is 4. The summed E-state index contributed by atoms with van der Waals surface area (Å²) in [4.78, 5) is 16.4. The first-order valence-electron chi connectivity index (χ1n) is 12.0. The lowest BCUT2D eigenvalue weighted by Crippen LogP contribution is -2.47. The minimum absolute atomic E-state index is 0.109. The van der Waals surface area contributed by atoms with E-state index in [2.05, 4.69) is 15.2 Å². The predicted molar refractivity (Wildman–Crippen MR) is 143 cm³/mol. The summed E-state index contributed by atoms with van der Waals surface area (Å²) in [5.74, 6) is 0.784. The molecule has 0 spiro atoms. The second-order valence-corrected chi connectivity index (χ2v) is 8.80. The van der Waals surface area contributed by atoms with Gasteiger partial charge < -0.3 is 31.0 Å². The molecule has 6 N–H and O–H groups in total. The van der Waals surface area contributed by atoms with Crippen molar-refractivity contribution in [2.75, 3.05) is 0 Å². The molecule has 192 valence electrons. The lowest BCUT2D eigenvalue weighted by molar-refractivity contribution is -0.152. The Labute approximate surface area is 211 Å². The van der Waals surface area contributed by atoms with Crippen molar-refractivity contribution in [1.82, 2.24) is 4.98 Å². The fourth-order valence-electron chi connectivity index (χ4n) is 4.24. The van der Waals surface area contributed by atoms with Crippen LogP contribution >= 0.6 is 0 Å². The topological polar surface area (TPSA) is 148 Å². The van der Waals surface area contributed by atoms with Crippen LogP contribution in [0.25, 0.3) is 10.9 Å². The molecule has 2 heterocycles. The van der Waals surface area contributed by atoms with Crippen molar-refractivity contribution in [3.8, 4) is 17.2 Å². The van der Waals surface area contributed by atoms with E-state index < -0.39 is 11.6 Å². The summed E-state index contributed by atoms with van der Waals surface area (Å²) in [6.07, 6.45) is 5.01. The van der Waals surface area contributed by atoms with Gasteiger partial charge in [-0.3, -0.25) is 0 Å². The summed E-state index contributed by atoms with van der Waals surface area (Å²) in [6, 6.07) is 5.41. The molecule has 3 aromatic rings. The van der Waals surface area contributed by atoms with Crippen LogP contribution in [0.4, 0.5) is 0 Å². The molecular weight excluding hydrogens is 458 g/mol. The van der Waals surface area contributed by atoms with Crippen LogP contribution in [-0.4, -0.2) is 33.8 Å². The maximum absolute atomic E-state index is 13.2. The minimum atomic E-state index is -1.14. The van der Waals surface area contributed by atoms with E-state index in [0.717, 1.165) is 38.7 Å². The summed E-state index contributed by atoms with van der Waals surface area (Å²) in [5, 5.41) is 18.7. The second-order valence-electron chi connectivity index (χ2n) is 8.80. The Morgan fingerprint density at radius 1 is 1.22 bits per heavy atom. The van der Waals surface area contributed by atoms with Gasteiger partial charge in [0, 0.05) is 41.7 Å². The third-order valence-corrected chi connectivity index (χ3v) is 6.47. The van der Waals surface area contributed by atoms with E-state index >= 15 is 0 Å². The number of rotatable bonds is 5. The Bertz CT molecular complexity index is 1340. The molecule has 1 aliphatic heterocycles. The number of phenolic OH excluding ortho intramolecular Hbond substituents is 1. The number of hydrogen-bond acceptors (Lipinski definition) is 6. The van der Waals surface area contributed by atoms with Gasteiger partial charge in [-0.2, -0.15) is 5.10 Å². The maximum Gasteiger partial charge on any atom is 0.355 e. The van der Waals surface area contributed by atoms with Crippen LogP contribution in [0.5, 0.6) is 17.2 Å². The van der Waals surface area contributed by atoms with Gasteiger partial charge >= 0.3 is 5.97 Å². The molecule has 0 bridgehead atoms. The summed E-state index contributed by atoms with van der Waals surface area (Å²) in [6.45, 7) is 11.4. The monoisotopic (exact) mass is 493 g/mol. The van der Waals surface area contributed by atoms with Crippen LogP contribution in [0.15, 0.2) is 34.6 Å². The van der Waals surface area contributed by atoms with Crippen molar-refractivity contribution in [2.24, 2.45) is 21.7 Å². The zero-order valence-corrected chi connectivity index (χ0v) is 21.7. The van der Waals surface area contributed by atoms with Crippen LogP contribution < -0.4 is 20.9 Å². The number of esters is 1. The van der Waals surface area contributed by atoms with E-state index in [9.17, 15) is 9.90 Å². The minimum Gasteiger partial charge on any atom is -0.507 e. The first kappa shape index (κ1) is 26.6. The quantitative estimate of drug-likeness (QED) is 0.137. The molecule has 1 aromatic heterocycles. The number of guanidine groups is 1. The molecule has 0 aliphatic carbocycles. The third-order valence-electron chi connectivity index (χ3n) is 6.47. The molecule has 9 nitrogen and oxygen atoms in total. The fourth-order valence-corrected chi connectivity index (χ4v) is 4.24. The Balaban J connectivity index is 0.00000176. The molecule has 4 rings (SSSR count). The number of fused-ring (bicyclic) bond motifs is 2. The van der Waals surface area contributed by atoms with Gasteiger partial charge in [0.2, 0.25) is 11.6 Å². The van der Waals surface area contributed by atoms with E-state index in [1.165, 1.54) is 0 Å². The number of H-pyrrole nitrogens is 1. The zero-order chi connectivity index (χ0) is 26.6. The molecule has 9 heteroatoms. The summed E-state index contributed by atoms with van der Waals surface area (Å²) < 4.78 is 12.0. The molecule has 36 heavy (non-hydrogen) atoms. The summed E-state index contributed by atoms with van der Waals surface area (Å²) in [7, 11) is 0. The molecule has 2 aromatic carbocycles. The van der Waals surface area contributed by atoms with E-state index in [0.29, 0.717) is 30.8 Å². The van der Waals surface area contributed by atoms with Gasteiger partial charge in [0.1, 0.15) is 17.2 Å². The van der Waals surface area contributed by atoms with Crippen LogP contribution in [0.1, 0.15) is 55.0 Å². The number of aromatic hydroxyl groups is 1. The number of nitrogens with one attached hydrogen (secondary N) is 1. The standard InChI is InChI=1S/C25H29N5O4.C2H6/c1-13-14(2)22-18(15(3)21(13)31)7-9-25(4,34-22)23(32)33-17-5-6-20-19(11-17)16(12-28-20)8-10-29-30-24(26)27;1-2/h5-6,10-12,28,31H,7-9H2,1-4H3,(H4,26,27,30);1-2H3. The fraction of sp³-hybridized carbons (Fsp3) is 0.370. The number of benzene rings is 2. The predicted octanol–water partition coefficient (Wildman–Crippen LogP) is 4.32. The highest BCUT2D eigenvalue weighted by atomic mass is 16.6. The third kappa shape index (κ3) is 5.15. The van der Waals surface area contributed by atoms with Gasteiger partial charge in [-0.15, -0.1) is 5.10 Å². The van der Waals surface area contributed by atoms with Crippen molar-refractivity contribution in [1.29, 1.82) is 0 Å². The maximum atomic E-state index is 13.2. The average Bonchev–Trinajstić information content (AvgIpc) is 3.27. The van der Waals surface area contributed by atoms with Gasteiger partial charge in [0.05, 0.1) is 0 Å². The van der Waals surface area contributed by atoms with E-state index in [-0.39, 0.29) is 11.7 Å². The normalized spacial score (nSPS) is 16.6. The van der Waals surface area contributed by atoms with Crippen LogP contribution in [0.3, 0.4) is 0 Å². The highest BCUT2D eigenvalue weighted by Gasteiger charge is 2.42. The zero-order valence-electron chi connectivity index (χ0n) is 21.7. The number of nitrogens with two attached hydrogens (primary N) is 2. The summed E-state index contributed by atoms with van der Waals surface area (Å²) in [5.41, 5.74) is 14.6. The Morgan fingerprint density at radius 2 is 1.94 bits per heavy atom. The van der Waals surface area contributed by atoms with Crippen molar-refractivity contribution in [3.63, 3.8) is 0 Å². The van der Waals surface area contributed by atoms with Crippen LogP contribution in [0, 0.1) is 20.8 Å². The van der Waals surface area contributed by atoms with Crippen molar-refractivity contribution < 1.29 is 19.4 Å².